The molecule has 0 amide bonds. The predicted octanol–water partition coefficient (Wildman–Crippen LogP) is 6.82. The minimum atomic E-state index is -1.28. The Morgan fingerprint density at radius 2 is 1.06 bits per heavy atom. The fourth-order valence-electron chi connectivity index (χ4n) is 4.68. The van der Waals surface area contributed by atoms with Crippen molar-refractivity contribution in [2.75, 3.05) is 20.3 Å². The van der Waals surface area contributed by atoms with Gasteiger partial charge in [0.25, 0.3) is 0 Å². The number of ketones is 2. The Morgan fingerprint density at radius 3 is 1.53 bits per heavy atom. The number of carbonyl (C=O) groups is 4. The molecule has 0 aliphatic rings. The zero-order chi connectivity index (χ0) is 36.7. The van der Waals surface area contributed by atoms with E-state index < -0.39 is 41.8 Å². The number of aromatic nitrogens is 2. The Hall–Kier alpha value is -6.83. The second-order valence-electron chi connectivity index (χ2n) is 10.6. The first kappa shape index (κ1) is 35.5. The number of hydrogen-bond donors (Lipinski definition) is 2. The van der Waals surface area contributed by atoms with E-state index in [0.717, 1.165) is 30.3 Å². The molecule has 0 aliphatic heterocycles. The maximum atomic E-state index is 13.5. The summed E-state index contributed by atoms with van der Waals surface area (Å²) >= 11 is 0. The van der Waals surface area contributed by atoms with E-state index in [1.54, 1.807) is 24.3 Å². The fraction of sp³-hybridized carbons (Fsp3) is 0.0811. The van der Waals surface area contributed by atoms with E-state index in [4.69, 9.17) is 24.4 Å². The second kappa shape index (κ2) is 15.6. The molecule has 4 aromatic carbocycles. The van der Waals surface area contributed by atoms with Crippen molar-refractivity contribution in [2.24, 2.45) is 0 Å². The number of carboxylic acid groups (broad SMARTS) is 2. The van der Waals surface area contributed by atoms with Crippen molar-refractivity contribution in [3.63, 3.8) is 0 Å². The highest BCUT2D eigenvalue weighted by molar-refractivity contribution is 5.99. The van der Waals surface area contributed by atoms with Crippen LogP contribution in [0.4, 0.5) is 13.2 Å². The Bertz CT molecular complexity index is 2300. The minimum Gasteiger partial charge on any atom is -0.497 e. The van der Waals surface area contributed by atoms with Crippen LogP contribution in [0.5, 0.6) is 17.2 Å². The smallest absolute Gasteiger partial charge is 0.354 e. The Balaban J connectivity index is 0.000000198. The van der Waals surface area contributed by atoms with E-state index >= 15 is 0 Å². The number of pyridine rings is 2. The number of halogens is 3. The number of methoxy groups -OCH3 is 1. The van der Waals surface area contributed by atoms with E-state index in [0.29, 0.717) is 11.3 Å². The number of hydrogen-bond acceptors (Lipinski definition) is 9. The van der Waals surface area contributed by atoms with E-state index in [2.05, 4.69) is 9.97 Å². The molecule has 0 radical (unpaired) electrons. The second-order valence-corrected chi connectivity index (χ2v) is 10.6. The molecule has 0 saturated carbocycles. The highest BCUT2D eigenvalue weighted by Gasteiger charge is 2.16. The molecule has 14 heteroatoms. The van der Waals surface area contributed by atoms with Crippen LogP contribution < -0.4 is 14.2 Å². The van der Waals surface area contributed by atoms with Crippen LogP contribution in [0.1, 0.15) is 41.7 Å². The van der Waals surface area contributed by atoms with Crippen LogP contribution in [-0.2, 0) is 0 Å². The number of nitrogens with zero attached hydrogens (tertiary/aromatic N) is 2. The summed E-state index contributed by atoms with van der Waals surface area (Å²) < 4.78 is 55.9. The zero-order valence-electron chi connectivity index (χ0n) is 26.4. The zero-order valence-corrected chi connectivity index (χ0v) is 26.4. The monoisotopic (exact) mass is 698 g/mol. The summed E-state index contributed by atoms with van der Waals surface area (Å²) in [5.74, 6) is -4.21. The predicted molar refractivity (Wildman–Crippen MR) is 176 cm³/mol. The molecule has 2 N–H and O–H groups in total. The lowest BCUT2D eigenvalue weighted by Gasteiger charge is -2.10. The van der Waals surface area contributed by atoms with Crippen molar-refractivity contribution < 1.29 is 56.8 Å². The van der Waals surface area contributed by atoms with Gasteiger partial charge in [-0.1, -0.05) is 12.1 Å². The Kier molecular flexibility index (Phi) is 10.8. The van der Waals surface area contributed by atoms with Crippen LogP contribution in [0.3, 0.4) is 0 Å². The van der Waals surface area contributed by atoms with Gasteiger partial charge in [0.15, 0.2) is 36.2 Å². The van der Waals surface area contributed by atoms with E-state index in [9.17, 15) is 32.3 Å². The lowest BCUT2D eigenvalue weighted by atomic mass is 10.1. The first-order valence-electron chi connectivity index (χ1n) is 14.8. The highest BCUT2D eigenvalue weighted by Crippen LogP contribution is 2.28. The molecular weight excluding hydrogens is 673 g/mol. The largest absolute Gasteiger partial charge is 0.497 e. The third kappa shape index (κ3) is 8.80. The van der Waals surface area contributed by atoms with Crippen LogP contribution in [-0.4, -0.2) is 64.0 Å². The molecule has 0 bridgehead atoms. The molecule has 0 unspecified atom stereocenters. The van der Waals surface area contributed by atoms with Gasteiger partial charge in [-0.05, 0) is 72.8 Å². The summed E-state index contributed by atoms with van der Waals surface area (Å²) in [6, 6.07) is 21.1. The van der Waals surface area contributed by atoms with Gasteiger partial charge < -0.3 is 24.4 Å². The number of aromatic carboxylic acids is 2. The molecule has 0 aliphatic carbocycles. The molecular formula is C37H25F3N2O9. The number of rotatable bonds is 11. The summed E-state index contributed by atoms with van der Waals surface area (Å²) in [6.45, 7) is -0.762. The van der Waals surface area contributed by atoms with Crippen molar-refractivity contribution in [3.8, 4) is 17.2 Å². The molecule has 0 spiro atoms. The van der Waals surface area contributed by atoms with Gasteiger partial charge in [-0.3, -0.25) is 9.59 Å². The summed E-state index contributed by atoms with van der Waals surface area (Å²) in [5.41, 5.74) is 0.564. The minimum absolute atomic E-state index is 0.0253. The van der Waals surface area contributed by atoms with Gasteiger partial charge in [0.1, 0.15) is 34.7 Å². The summed E-state index contributed by atoms with van der Waals surface area (Å²) in [6.07, 6.45) is 0. The van der Waals surface area contributed by atoms with Crippen LogP contribution in [0, 0.1) is 17.5 Å². The Labute approximate surface area is 286 Å². The standard InChI is InChI=1S/C19H14FNO5.C18H11F2NO4/c1-25-13-4-2-3-11(7-13)17(22)10-26-18-9-16(19(23)24)21-15-6-5-12(20)8-14(15)18;19-11-3-1-10(2-4-11)16(22)9-25-17-8-15(18(23)24)21-14-6-5-12(20)7-13(14)17/h2-9H,10H2,1H3,(H,23,24);1-8H,9H2,(H,23,24). The number of benzene rings is 4. The van der Waals surface area contributed by atoms with Crippen LogP contribution in [0.2, 0.25) is 0 Å². The maximum Gasteiger partial charge on any atom is 0.354 e. The molecule has 0 saturated heterocycles. The third-order valence-electron chi connectivity index (χ3n) is 7.18. The molecule has 258 valence electrons. The fourth-order valence-corrected chi connectivity index (χ4v) is 4.68. The molecule has 11 nitrogen and oxygen atoms in total. The van der Waals surface area contributed by atoms with Gasteiger partial charge in [0.05, 0.1) is 18.1 Å². The number of carboxylic acids is 2. The molecule has 51 heavy (non-hydrogen) atoms. The van der Waals surface area contributed by atoms with Crippen molar-refractivity contribution in [1.29, 1.82) is 0 Å². The van der Waals surface area contributed by atoms with Gasteiger partial charge in [-0.25, -0.2) is 32.7 Å². The molecule has 0 fully saturated rings. The maximum absolute atomic E-state index is 13.5. The number of carbonyl (C=O) groups excluding carboxylic acids is 2. The molecule has 6 aromatic rings. The SMILES string of the molecule is COc1cccc(C(=O)COc2cc(C(=O)O)nc3ccc(F)cc23)c1.O=C(COc1cc(C(=O)O)nc2ccc(F)cc12)c1ccc(F)cc1. The van der Waals surface area contributed by atoms with Crippen LogP contribution >= 0.6 is 0 Å². The number of Topliss-reactive ketones (excluding diaryl/α,β-unsaturated/α-hetero) is 2. The summed E-state index contributed by atoms with van der Waals surface area (Å²) in [4.78, 5) is 54.6. The van der Waals surface area contributed by atoms with Gasteiger partial charge in [0, 0.05) is 34.0 Å². The van der Waals surface area contributed by atoms with Gasteiger partial charge in [0.2, 0.25) is 0 Å². The van der Waals surface area contributed by atoms with Gasteiger partial charge in [-0.15, -0.1) is 0 Å². The first-order chi connectivity index (χ1) is 24.4. The number of fused-ring (bicyclic) bond motifs is 2. The highest BCUT2D eigenvalue weighted by atomic mass is 19.1. The van der Waals surface area contributed by atoms with Crippen molar-refractivity contribution in [1.82, 2.24) is 9.97 Å². The average Bonchev–Trinajstić information content (AvgIpc) is 3.12. The van der Waals surface area contributed by atoms with Gasteiger partial charge >= 0.3 is 11.9 Å². The van der Waals surface area contributed by atoms with Crippen LogP contribution in [0.15, 0.2) is 97.1 Å². The molecule has 2 heterocycles. The molecule has 6 rings (SSSR count). The van der Waals surface area contributed by atoms with E-state index in [1.165, 1.54) is 49.6 Å². The third-order valence-corrected chi connectivity index (χ3v) is 7.18. The van der Waals surface area contributed by atoms with E-state index in [-0.39, 0.29) is 62.6 Å². The molecule has 0 atom stereocenters. The first-order valence-corrected chi connectivity index (χ1v) is 14.8. The lowest BCUT2D eigenvalue weighted by Crippen LogP contribution is -2.12. The van der Waals surface area contributed by atoms with Crippen molar-refractivity contribution in [3.05, 3.63) is 137 Å². The van der Waals surface area contributed by atoms with Crippen molar-refractivity contribution >= 4 is 45.3 Å². The Morgan fingerprint density at radius 1 is 0.588 bits per heavy atom. The topological polar surface area (TPSA) is 162 Å². The lowest BCUT2D eigenvalue weighted by molar-refractivity contribution is 0.0680. The van der Waals surface area contributed by atoms with Crippen LogP contribution in [0.25, 0.3) is 21.8 Å². The quantitative estimate of drug-likeness (QED) is 0.137. The summed E-state index contributed by atoms with van der Waals surface area (Å²) in [7, 11) is 1.49. The van der Waals surface area contributed by atoms with E-state index in [1.807, 2.05) is 0 Å². The summed E-state index contributed by atoms with van der Waals surface area (Å²) in [5, 5.41) is 18.8. The van der Waals surface area contributed by atoms with Gasteiger partial charge in [-0.2, -0.15) is 0 Å². The van der Waals surface area contributed by atoms with Crippen molar-refractivity contribution in [2.45, 2.75) is 0 Å². The normalized spacial score (nSPS) is 10.6. The average molecular weight is 699 g/mol. The number of ether oxygens (including phenoxy) is 3. The molecule has 2 aromatic heterocycles.